The highest BCUT2D eigenvalue weighted by Crippen LogP contribution is 2.57. The molecule has 324 valence electrons. The summed E-state index contributed by atoms with van der Waals surface area (Å²) in [6.07, 6.45) is 9.52. The van der Waals surface area contributed by atoms with E-state index in [1.165, 1.54) is 24.8 Å². The fraction of sp³-hybridized carbons (Fsp3) is 0.469. The van der Waals surface area contributed by atoms with E-state index in [2.05, 4.69) is 45.2 Å². The molecule has 0 radical (unpaired) electrons. The smallest absolute Gasteiger partial charge is 0.160 e. The SMILES string of the molecule is COc1cc(C2Oc3c(c4c(c5c3CCC(CO)O5)-c3ccc(O)cc3C(Cc3ccc5[nH]ccc5c3)C4)CC2(CNCNCC(C)O)OCNC2CCCCC2)ccc1O. The number of phenolic OH excluding ortho intramolecular Hbond substituents is 2. The van der Waals surface area contributed by atoms with Crippen LogP contribution >= 0.6 is 0 Å². The monoisotopic (exact) mass is 832 g/mol. The second kappa shape index (κ2) is 17.9. The molecular formula is C49H60N4O8. The van der Waals surface area contributed by atoms with E-state index in [-0.39, 0.29) is 30.1 Å². The van der Waals surface area contributed by atoms with Crippen LogP contribution < -0.4 is 30.2 Å². The molecule has 2 aliphatic heterocycles. The summed E-state index contributed by atoms with van der Waals surface area (Å²) >= 11 is 0. The van der Waals surface area contributed by atoms with E-state index in [1.54, 1.807) is 26.2 Å². The first-order valence-electron chi connectivity index (χ1n) is 22.1. The number of aliphatic hydroxyl groups is 2. The van der Waals surface area contributed by atoms with E-state index >= 15 is 0 Å². The van der Waals surface area contributed by atoms with E-state index < -0.39 is 17.8 Å². The van der Waals surface area contributed by atoms with Gasteiger partial charge in [0.1, 0.15) is 29.0 Å². The fourth-order valence-corrected chi connectivity index (χ4v) is 10.3. The molecule has 5 aromatic rings. The first kappa shape index (κ1) is 41.5. The predicted octanol–water partition coefficient (Wildman–Crippen LogP) is 6.65. The van der Waals surface area contributed by atoms with E-state index in [0.29, 0.717) is 64.0 Å². The zero-order chi connectivity index (χ0) is 42.1. The molecule has 0 bridgehead atoms. The number of phenols is 2. The summed E-state index contributed by atoms with van der Waals surface area (Å²) in [5.74, 6) is 2.13. The molecule has 0 amide bonds. The predicted molar refractivity (Wildman–Crippen MR) is 235 cm³/mol. The molecule has 0 saturated heterocycles. The maximum atomic E-state index is 11.0. The van der Waals surface area contributed by atoms with Crippen molar-refractivity contribution in [3.05, 3.63) is 100 Å². The van der Waals surface area contributed by atoms with Gasteiger partial charge in [0.2, 0.25) is 0 Å². The Morgan fingerprint density at radius 1 is 0.918 bits per heavy atom. The molecule has 5 atom stereocenters. The third-order valence-electron chi connectivity index (χ3n) is 13.4. The number of fused-ring (bicyclic) bond motifs is 9. The van der Waals surface area contributed by atoms with Gasteiger partial charge in [0.05, 0.1) is 26.6 Å². The third kappa shape index (κ3) is 8.41. The van der Waals surface area contributed by atoms with E-state index in [0.717, 1.165) is 80.6 Å². The Kier molecular flexibility index (Phi) is 12.2. The molecule has 1 fully saturated rings. The van der Waals surface area contributed by atoms with Crippen molar-refractivity contribution in [2.24, 2.45) is 0 Å². The quantitative estimate of drug-likeness (QED) is 0.0420. The Balaban J connectivity index is 1.20. The van der Waals surface area contributed by atoms with Gasteiger partial charge in [0.15, 0.2) is 17.6 Å². The molecule has 61 heavy (non-hydrogen) atoms. The number of aromatic hydroxyl groups is 2. The van der Waals surface area contributed by atoms with E-state index in [9.17, 15) is 20.4 Å². The van der Waals surface area contributed by atoms with Crippen molar-refractivity contribution in [2.75, 3.05) is 40.2 Å². The van der Waals surface area contributed by atoms with Gasteiger partial charge in [-0.2, -0.15) is 0 Å². The largest absolute Gasteiger partial charge is 0.508 e. The van der Waals surface area contributed by atoms with Crippen molar-refractivity contribution in [1.29, 1.82) is 0 Å². The molecule has 8 N–H and O–H groups in total. The van der Waals surface area contributed by atoms with Crippen molar-refractivity contribution in [3.8, 4) is 39.9 Å². The van der Waals surface area contributed by atoms with Crippen molar-refractivity contribution in [2.45, 2.75) is 107 Å². The Labute approximate surface area is 357 Å². The van der Waals surface area contributed by atoms with Gasteiger partial charge in [-0.25, -0.2) is 0 Å². The number of nitrogens with one attached hydrogen (secondary N) is 4. The van der Waals surface area contributed by atoms with Crippen LogP contribution in [0.3, 0.4) is 0 Å². The van der Waals surface area contributed by atoms with Gasteiger partial charge in [0.25, 0.3) is 0 Å². The maximum Gasteiger partial charge on any atom is 0.160 e. The van der Waals surface area contributed by atoms with Crippen molar-refractivity contribution in [3.63, 3.8) is 0 Å². The number of methoxy groups -OCH3 is 1. The topological polar surface area (TPSA) is 170 Å². The van der Waals surface area contributed by atoms with Crippen LogP contribution in [0, 0.1) is 0 Å². The highest BCUT2D eigenvalue weighted by atomic mass is 16.6. The van der Waals surface area contributed by atoms with Crippen LogP contribution in [-0.4, -0.2) is 89.5 Å². The summed E-state index contributed by atoms with van der Waals surface area (Å²) in [5.41, 5.74) is 8.37. The highest BCUT2D eigenvalue weighted by Gasteiger charge is 2.50. The van der Waals surface area contributed by atoms with Crippen LogP contribution in [-0.2, 0) is 30.4 Å². The molecule has 2 aliphatic carbocycles. The maximum absolute atomic E-state index is 11.0. The Bertz CT molecular complexity index is 2340. The molecular weight excluding hydrogens is 773 g/mol. The van der Waals surface area contributed by atoms with Crippen LogP contribution in [0.5, 0.6) is 28.7 Å². The lowest BCUT2D eigenvalue weighted by Gasteiger charge is -2.47. The number of aliphatic hydroxyl groups excluding tert-OH is 2. The lowest BCUT2D eigenvalue weighted by molar-refractivity contribution is -0.132. The minimum absolute atomic E-state index is 0.0236. The summed E-state index contributed by atoms with van der Waals surface area (Å²) in [6.45, 7) is 3.25. The minimum atomic E-state index is -0.960. The molecule has 12 nitrogen and oxygen atoms in total. The van der Waals surface area contributed by atoms with Gasteiger partial charge in [-0.1, -0.05) is 37.5 Å². The van der Waals surface area contributed by atoms with Gasteiger partial charge in [0, 0.05) is 60.6 Å². The number of rotatable bonds is 15. The molecule has 9 rings (SSSR count). The second-order valence-corrected chi connectivity index (χ2v) is 17.6. The Hall–Kier alpha value is -4.82. The zero-order valence-electron chi connectivity index (χ0n) is 35.3. The van der Waals surface area contributed by atoms with E-state index in [4.69, 9.17) is 18.9 Å². The molecule has 3 heterocycles. The molecule has 4 aliphatic rings. The fourth-order valence-electron chi connectivity index (χ4n) is 10.3. The molecule has 1 aromatic heterocycles. The van der Waals surface area contributed by atoms with E-state index in [1.807, 2.05) is 30.5 Å². The zero-order valence-corrected chi connectivity index (χ0v) is 35.3. The lowest BCUT2D eigenvalue weighted by atomic mass is 9.70. The van der Waals surface area contributed by atoms with Crippen molar-refractivity contribution >= 4 is 10.9 Å². The summed E-state index contributed by atoms with van der Waals surface area (Å²) in [5, 5.41) is 54.0. The van der Waals surface area contributed by atoms with Gasteiger partial charge < -0.3 is 55.0 Å². The first-order chi connectivity index (χ1) is 29.7. The van der Waals surface area contributed by atoms with Gasteiger partial charge in [-0.15, -0.1) is 0 Å². The normalized spacial score (nSPS) is 22.7. The number of aromatic amines is 1. The summed E-state index contributed by atoms with van der Waals surface area (Å²) in [7, 11) is 1.55. The Morgan fingerprint density at radius 2 is 1.79 bits per heavy atom. The van der Waals surface area contributed by atoms with Crippen LogP contribution in [0.4, 0.5) is 0 Å². The first-order valence-corrected chi connectivity index (χ1v) is 22.1. The van der Waals surface area contributed by atoms with Crippen LogP contribution in [0.2, 0.25) is 0 Å². The van der Waals surface area contributed by atoms with Gasteiger partial charge in [-0.3, -0.25) is 5.32 Å². The van der Waals surface area contributed by atoms with Crippen LogP contribution in [0.15, 0.2) is 66.9 Å². The van der Waals surface area contributed by atoms with Gasteiger partial charge >= 0.3 is 0 Å². The van der Waals surface area contributed by atoms with Crippen LogP contribution in [0.25, 0.3) is 22.0 Å². The average Bonchev–Trinajstić information content (AvgIpc) is 3.75. The van der Waals surface area contributed by atoms with Gasteiger partial charge in [-0.05, 0) is 127 Å². The standard InChI is InChI=1S/C49H60N4O8/c1-29(55)24-50-27-51-26-49(59-28-53-34-6-4-3-5-7-34)23-41-40-20-33(19-30-8-14-42-31(18-30)16-17-52-42)39-22-35(56)10-12-37(39)45(40)47-38(13-11-36(25-54)60-47)46(41)61-48(49)32-9-15-43(57)44(21-32)58-2/h8-10,12,14-18,21-22,29,33-34,36,48,50-57H,3-7,11,13,19-20,23-28H2,1-2H3. The lowest BCUT2D eigenvalue weighted by Crippen LogP contribution is -2.56. The molecule has 12 heteroatoms. The summed E-state index contributed by atoms with van der Waals surface area (Å²) < 4.78 is 27.2. The number of ether oxygens (including phenoxy) is 4. The third-order valence-corrected chi connectivity index (χ3v) is 13.4. The second-order valence-electron chi connectivity index (χ2n) is 17.6. The number of H-pyrrole nitrogens is 1. The summed E-state index contributed by atoms with van der Waals surface area (Å²) in [4.78, 5) is 3.31. The molecule has 1 saturated carbocycles. The van der Waals surface area contributed by atoms with Crippen LogP contribution in [0.1, 0.15) is 90.9 Å². The highest BCUT2D eigenvalue weighted by molar-refractivity contribution is 5.85. The number of benzene rings is 4. The number of aromatic nitrogens is 1. The number of hydrogen-bond acceptors (Lipinski definition) is 11. The average molecular weight is 833 g/mol. The molecule has 5 unspecified atom stereocenters. The molecule has 4 aromatic carbocycles. The molecule has 0 spiro atoms. The Morgan fingerprint density at radius 3 is 2.61 bits per heavy atom. The summed E-state index contributed by atoms with van der Waals surface area (Å²) in [6, 6.07) is 20.1. The van der Waals surface area contributed by atoms with Crippen molar-refractivity contribution < 1.29 is 39.4 Å². The van der Waals surface area contributed by atoms with Crippen molar-refractivity contribution in [1.82, 2.24) is 20.9 Å². The number of hydrogen-bond donors (Lipinski definition) is 8. The minimum Gasteiger partial charge on any atom is -0.508 e.